The van der Waals surface area contributed by atoms with Gasteiger partial charge >= 0.3 is 0 Å². The number of nitrogens with one attached hydrogen (secondary N) is 3. The van der Waals surface area contributed by atoms with Crippen LogP contribution in [0.5, 0.6) is 0 Å². The Morgan fingerprint density at radius 3 is 1.74 bits per heavy atom. The zero-order valence-electron chi connectivity index (χ0n) is 26.7. The molecule has 0 spiro atoms. The van der Waals surface area contributed by atoms with Gasteiger partial charge in [-0.15, -0.1) is 0 Å². The van der Waals surface area contributed by atoms with Gasteiger partial charge in [0.2, 0.25) is 17.7 Å². The highest BCUT2D eigenvalue weighted by Crippen LogP contribution is 2.11. The number of primary amides is 2. The van der Waals surface area contributed by atoms with Crippen molar-refractivity contribution in [3.8, 4) is 0 Å². The number of nitrogens with two attached hydrogens (primary N) is 3. The van der Waals surface area contributed by atoms with Crippen LogP contribution in [0, 0.1) is 6.92 Å². The number of aliphatic hydroxyl groups is 1. The first-order chi connectivity index (χ1) is 19.9. The maximum atomic E-state index is 11.3. The second kappa shape index (κ2) is 27.5. The molecule has 0 radical (unpaired) electrons. The summed E-state index contributed by atoms with van der Waals surface area (Å²) in [5.74, 6) is -0.912. The summed E-state index contributed by atoms with van der Waals surface area (Å²) in [6, 6.07) is 6.68. The van der Waals surface area contributed by atoms with Crippen molar-refractivity contribution in [2.45, 2.75) is 99.2 Å². The lowest BCUT2D eigenvalue weighted by Crippen LogP contribution is -2.44. The van der Waals surface area contributed by atoms with E-state index in [2.05, 4.69) is 34.9 Å². The number of amides is 3. The van der Waals surface area contributed by atoms with E-state index in [-0.39, 0.29) is 31.9 Å². The standard InChI is InChI=1S/C12H18N2O.C7H16N2O.C6H14N2O2.C5H8N2.CH4/c1-3-4-10-5-7-11(8-6-10)14-12(15)9(2)13;1-3-5-9-6(4-2)7(8)10;1-2-3-8-5(4-9)6(7)10;1-5-3-6-7(2)4-5;/h5-9H,3-4,13H2,1-2H3,(H,14,15);6,9H,3-5H2,1-2H3,(H2,8,10);5,8-9H,2-4H2,1H3,(H2,7,10);3-4H,1-2H3;1H4. The number of anilines is 1. The lowest BCUT2D eigenvalue weighted by Gasteiger charge is -2.11. The molecule has 2 aromatic rings. The van der Waals surface area contributed by atoms with Crippen LogP contribution in [0.3, 0.4) is 0 Å². The lowest BCUT2D eigenvalue weighted by molar-refractivity contribution is -0.121. The largest absolute Gasteiger partial charge is 0.394 e. The molecule has 248 valence electrons. The molecule has 1 aromatic carbocycles. The first kappa shape index (κ1) is 44.1. The Hall–Kier alpha value is -3.32. The van der Waals surface area contributed by atoms with Gasteiger partial charge in [-0.05, 0) is 75.9 Å². The van der Waals surface area contributed by atoms with Gasteiger partial charge in [-0.25, -0.2) is 0 Å². The van der Waals surface area contributed by atoms with E-state index in [0.717, 1.165) is 44.3 Å². The second-order valence-electron chi connectivity index (χ2n) is 9.83. The minimum atomic E-state index is -0.583. The van der Waals surface area contributed by atoms with Crippen LogP contribution < -0.4 is 33.2 Å². The number of benzene rings is 1. The third-order valence-electron chi connectivity index (χ3n) is 5.57. The average molecular weight is 609 g/mol. The van der Waals surface area contributed by atoms with Crippen LogP contribution in [0.4, 0.5) is 5.69 Å². The third kappa shape index (κ3) is 23.9. The van der Waals surface area contributed by atoms with Crippen molar-refractivity contribution in [2.75, 3.05) is 25.0 Å². The van der Waals surface area contributed by atoms with Gasteiger partial charge in [-0.2, -0.15) is 5.10 Å². The van der Waals surface area contributed by atoms with Gasteiger partial charge in [-0.1, -0.05) is 53.7 Å². The highest BCUT2D eigenvalue weighted by atomic mass is 16.3. The van der Waals surface area contributed by atoms with Crippen LogP contribution in [0.2, 0.25) is 0 Å². The molecule has 2 rings (SSSR count). The summed E-state index contributed by atoms with van der Waals surface area (Å²) in [6.07, 6.45) is 8.73. The molecule has 0 aliphatic heterocycles. The number of carbonyl (C=O) groups excluding carboxylic acids is 3. The monoisotopic (exact) mass is 608 g/mol. The number of hydrogen-bond acceptors (Lipinski definition) is 8. The van der Waals surface area contributed by atoms with Crippen LogP contribution in [-0.2, 0) is 27.9 Å². The molecule has 0 bridgehead atoms. The summed E-state index contributed by atoms with van der Waals surface area (Å²) < 4.78 is 1.79. The molecular weight excluding hydrogens is 548 g/mol. The van der Waals surface area contributed by atoms with Gasteiger partial charge < -0.3 is 38.3 Å². The molecule has 3 atom stereocenters. The average Bonchev–Trinajstić information content (AvgIpc) is 3.33. The fourth-order valence-corrected chi connectivity index (χ4v) is 3.18. The Labute approximate surface area is 259 Å². The van der Waals surface area contributed by atoms with E-state index >= 15 is 0 Å². The number of aliphatic hydroxyl groups excluding tert-OH is 1. The molecular formula is C31H60N8O4. The molecule has 0 fully saturated rings. The van der Waals surface area contributed by atoms with Crippen molar-refractivity contribution in [3.63, 3.8) is 0 Å². The van der Waals surface area contributed by atoms with E-state index in [9.17, 15) is 14.4 Å². The molecule has 10 N–H and O–H groups in total. The Kier molecular flexibility index (Phi) is 28.2. The van der Waals surface area contributed by atoms with E-state index in [1.165, 1.54) is 11.1 Å². The van der Waals surface area contributed by atoms with Crippen molar-refractivity contribution in [3.05, 3.63) is 47.8 Å². The third-order valence-corrected chi connectivity index (χ3v) is 5.57. The van der Waals surface area contributed by atoms with Gasteiger partial charge in [0.05, 0.1) is 24.9 Å². The smallest absolute Gasteiger partial charge is 0.240 e. The molecule has 0 aliphatic carbocycles. The maximum absolute atomic E-state index is 11.3. The summed E-state index contributed by atoms with van der Waals surface area (Å²) >= 11 is 0. The lowest BCUT2D eigenvalue weighted by atomic mass is 10.1. The van der Waals surface area contributed by atoms with Crippen molar-refractivity contribution in [1.29, 1.82) is 0 Å². The zero-order chi connectivity index (χ0) is 32.5. The molecule has 3 unspecified atom stereocenters. The molecule has 0 saturated heterocycles. The molecule has 1 aromatic heterocycles. The van der Waals surface area contributed by atoms with Gasteiger partial charge in [0, 0.05) is 18.9 Å². The number of aryl methyl sites for hydroxylation is 3. The SMILES string of the molecule is C.CCCNC(CC)C(N)=O.CCCNC(CO)C(N)=O.CCCc1ccc(NC(=O)C(C)N)cc1.Cc1cnn(C)c1. The van der Waals surface area contributed by atoms with Gasteiger partial charge in [0.25, 0.3) is 0 Å². The minimum Gasteiger partial charge on any atom is -0.394 e. The summed E-state index contributed by atoms with van der Waals surface area (Å²) in [6.45, 7) is 13.1. The fourth-order valence-electron chi connectivity index (χ4n) is 3.18. The van der Waals surface area contributed by atoms with E-state index in [4.69, 9.17) is 22.3 Å². The van der Waals surface area contributed by atoms with E-state index in [1.54, 1.807) is 11.6 Å². The molecule has 0 aliphatic rings. The van der Waals surface area contributed by atoms with E-state index < -0.39 is 18.0 Å². The maximum Gasteiger partial charge on any atom is 0.240 e. The van der Waals surface area contributed by atoms with Crippen molar-refractivity contribution in [1.82, 2.24) is 20.4 Å². The number of carbonyl (C=O) groups is 3. The molecule has 12 heteroatoms. The van der Waals surface area contributed by atoms with Crippen LogP contribution in [0.1, 0.15) is 78.9 Å². The van der Waals surface area contributed by atoms with Gasteiger partial charge in [-0.3, -0.25) is 19.1 Å². The Balaban J connectivity index is -0.000000510. The zero-order valence-corrected chi connectivity index (χ0v) is 26.7. The predicted octanol–water partition coefficient (Wildman–Crippen LogP) is 2.37. The predicted molar refractivity (Wildman–Crippen MR) is 177 cm³/mol. The number of nitrogens with zero attached hydrogens (tertiary/aromatic N) is 2. The Morgan fingerprint density at radius 2 is 1.44 bits per heavy atom. The summed E-state index contributed by atoms with van der Waals surface area (Å²) in [4.78, 5) is 32.3. The molecule has 43 heavy (non-hydrogen) atoms. The van der Waals surface area contributed by atoms with Crippen molar-refractivity contribution in [2.24, 2.45) is 24.2 Å². The van der Waals surface area contributed by atoms with Crippen LogP contribution in [0.15, 0.2) is 36.7 Å². The number of aromatic nitrogens is 2. The molecule has 1 heterocycles. The summed E-state index contributed by atoms with van der Waals surface area (Å²) in [7, 11) is 1.91. The quantitative estimate of drug-likeness (QED) is 0.169. The Morgan fingerprint density at radius 1 is 0.930 bits per heavy atom. The summed E-state index contributed by atoms with van der Waals surface area (Å²) in [5, 5.41) is 21.1. The second-order valence-corrected chi connectivity index (χ2v) is 9.83. The minimum absolute atomic E-state index is 0. The number of hydrogen-bond donors (Lipinski definition) is 7. The molecule has 12 nitrogen and oxygen atoms in total. The van der Waals surface area contributed by atoms with E-state index in [0.29, 0.717) is 6.54 Å². The Bertz CT molecular complexity index is 938. The normalized spacial score (nSPS) is 11.8. The van der Waals surface area contributed by atoms with Crippen LogP contribution in [0.25, 0.3) is 0 Å². The first-order valence-corrected chi connectivity index (χ1v) is 14.6. The number of rotatable bonds is 14. The fraction of sp³-hybridized carbons (Fsp3) is 0.613. The topological polar surface area (TPSA) is 203 Å². The van der Waals surface area contributed by atoms with Gasteiger partial charge in [0.15, 0.2) is 0 Å². The van der Waals surface area contributed by atoms with Gasteiger partial charge in [0.1, 0.15) is 6.04 Å². The highest BCUT2D eigenvalue weighted by Gasteiger charge is 2.11. The van der Waals surface area contributed by atoms with Crippen molar-refractivity contribution >= 4 is 23.4 Å². The first-order valence-electron chi connectivity index (χ1n) is 14.6. The molecule has 0 saturated carbocycles. The summed E-state index contributed by atoms with van der Waals surface area (Å²) in [5.41, 5.74) is 18.8. The molecule has 3 amide bonds. The van der Waals surface area contributed by atoms with Crippen LogP contribution in [-0.4, -0.2) is 70.4 Å². The van der Waals surface area contributed by atoms with Crippen molar-refractivity contribution < 1.29 is 19.5 Å². The highest BCUT2D eigenvalue weighted by molar-refractivity contribution is 5.94. The van der Waals surface area contributed by atoms with Crippen LogP contribution >= 0.6 is 0 Å². The van der Waals surface area contributed by atoms with E-state index in [1.807, 2.05) is 64.5 Å².